The Morgan fingerprint density at radius 2 is 1.74 bits per heavy atom. The van der Waals surface area contributed by atoms with Crippen molar-refractivity contribution in [3.63, 3.8) is 0 Å². The van der Waals surface area contributed by atoms with Crippen molar-refractivity contribution < 1.29 is 40.1 Å². The van der Waals surface area contributed by atoms with Gasteiger partial charge in [0.05, 0.1) is 12.0 Å². The number of aryl methyl sites for hydroxylation is 3. The summed E-state index contributed by atoms with van der Waals surface area (Å²) >= 11 is 0. The van der Waals surface area contributed by atoms with E-state index in [4.69, 9.17) is 9.47 Å². The summed E-state index contributed by atoms with van der Waals surface area (Å²) < 4.78 is 13.0. The third-order valence-electron chi connectivity index (χ3n) is 5.91. The number of aliphatic hydroxyl groups excluding tert-OH is 5. The summed E-state index contributed by atoms with van der Waals surface area (Å²) in [4.78, 5) is 4.43. The van der Waals surface area contributed by atoms with Gasteiger partial charge in [-0.15, -0.1) is 5.10 Å². The van der Waals surface area contributed by atoms with E-state index in [-0.39, 0.29) is 18.2 Å². The molecule has 0 saturated carbocycles. The predicted octanol–water partition coefficient (Wildman–Crippen LogP) is -0.517. The fourth-order valence-corrected chi connectivity index (χ4v) is 4.01. The SMILES string of the molecule is OCCCn1nc(O[C@@H]2O[C@H](CO)[C@@H](O)[C@H](O)[C@H]2O)c2c(CCc3ccc(O)cc3)ccnc21. The van der Waals surface area contributed by atoms with Gasteiger partial charge in [0.15, 0.2) is 5.65 Å². The minimum atomic E-state index is -1.58. The second-order valence-corrected chi connectivity index (χ2v) is 8.26. The van der Waals surface area contributed by atoms with Gasteiger partial charge in [0, 0.05) is 19.3 Å². The number of phenols is 1. The number of pyridine rings is 1. The zero-order valence-corrected chi connectivity index (χ0v) is 18.4. The normalized spacial score (nSPS) is 25.0. The smallest absolute Gasteiger partial charge is 0.245 e. The first kappa shape index (κ1) is 24.3. The van der Waals surface area contributed by atoms with Crippen LogP contribution in [0.25, 0.3) is 11.0 Å². The summed E-state index contributed by atoms with van der Waals surface area (Å²) in [5, 5.41) is 63.8. The van der Waals surface area contributed by atoms with Gasteiger partial charge in [-0.3, -0.25) is 0 Å². The van der Waals surface area contributed by atoms with E-state index in [1.165, 1.54) is 0 Å². The molecule has 1 aromatic carbocycles. The molecule has 11 heteroatoms. The molecule has 11 nitrogen and oxygen atoms in total. The number of ether oxygens (including phenoxy) is 2. The van der Waals surface area contributed by atoms with Gasteiger partial charge in [0.25, 0.3) is 0 Å². The molecule has 0 bridgehead atoms. The molecule has 0 unspecified atom stereocenters. The number of fused-ring (bicyclic) bond motifs is 1. The molecular weight excluding hydrogens is 446 g/mol. The van der Waals surface area contributed by atoms with Crippen molar-refractivity contribution in [1.82, 2.24) is 14.8 Å². The number of aromatic nitrogens is 3. The summed E-state index contributed by atoms with van der Waals surface area (Å²) in [6.07, 6.45) is -3.79. The monoisotopic (exact) mass is 475 g/mol. The van der Waals surface area contributed by atoms with Gasteiger partial charge < -0.3 is 40.1 Å². The summed E-state index contributed by atoms with van der Waals surface area (Å²) in [6.45, 7) is -0.236. The molecule has 5 atom stereocenters. The van der Waals surface area contributed by atoms with Gasteiger partial charge >= 0.3 is 0 Å². The summed E-state index contributed by atoms with van der Waals surface area (Å²) in [7, 11) is 0. The maximum Gasteiger partial charge on any atom is 0.245 e. The average molecular weight is 475 g/mol. The van der Waals surface area contributed by atoms with Gasteiger partial charge in [0.1, 0.15) is 30.2 Å². The third kappa shape index (κ3) is 4.99. The zero-order chi connectivity index (χ0) is 24.2. The molecule has 4 rings (SSSR count). The lowest BCUT2D eigenvalue weighted by Gasteiger charge is -2.39. The van der Waals surface area contributed by atoms with Crippen LogP contribution >= 0.6 is 0 Å². The number of rotatable bonds is 9. The molecule has 1 aliphatic heterocycles. The number of hydrogen-bond acceptors (Lipinski definition) is 10. The molecule has 3 heterocycles. The van der Waals surface area contributed by atoms with E-state index in [1.807, 2.05) is 18.2 Å². The summed E-state index contributed by atoms with van der Waals surface area (Å²) in [5.74, 6) is 0.307. The minimum Gasteiger partial charge on any atom is -0.508 e. The lowest BCUT2D eigenvalue weighted by molar-refractivity contribution is -0.278. The van der Waals surface area contributed by atoms with Crippen LogP contribution in [0.5, 0.6) is 11.6 Å². The maximum atomic E-state index is 10.4. The molecule has 0 spiro atoms. The number of nitrogens with zero attached hydrogens (tertiary/aromatic N) is 3. The Hall–Kier alpha value is -2.80. The van der Waals surface area contributed by atoms with Crippen LogP contribution in [0, 0.1) is 0 Å². The molecule has 0 radical (unpaired) electrons. The van der Waals surface area contributed by atoms with E-state index in [0.717, 1.165) is 11.1 Å². The zero-order valence-electron chi connectivity index (χ0n) is 18.4. The van der Waals surface area contributed by atoms with Crippen LogP contribution in [-0.4, -0.2) is 89.3 Å². The molecule has 0 amide bonds. The molecule has 1 aliphatic rings. The topological polar surface area (TPSA) is 171 Å². The van der Waals surface area contributed by atoms with Crippen LogP contribution < -0.4 is 4.74 Å². The van der Waals surface area contributed by atoms with Gasteiger partial charge in [-0.1, -0.05) is 12.1 Å². The number of hydrogen-bond donors (Lipinski definition) is 6. The molecule has 1 saturated heterocycles. The first-order valence-electron chi connectivity index (χ1n) is 11.1. The highest BCUT2D eigenvalue weighted by molar-refractivity contribution is 5.85. The Kier molecular flexibility index (Phi) is 7.61. The Morgan fingerprint density at radius 1 is 0.971 bits per heavy atom. The molecular formula is C23H29N3O8. The summed E-state index contributed by atoms with van der Waals surface area (Å²) in [5.41, 5.74) is 2.41. The average Bonchev–Trinajstić information content (AvgIpc) is 3.20. The molecule has 184 valence electrons. The number of phenolic OH excluding ortho intramolecular Hbond substituents is 1. The van der Waals surface area contributed by atoms with E-state index < -0.39 is 37.3 Å². The van der Waals surface area contributed by atoms with Gasteiger partial charge in [-0.2, -0.15) is 0 Å². The fourth-order valence-electron chi connectivity index (χ4n) is 4.01. The van der Waals surface area contributed by atoms with E-state index in [0.29, 0.717) is 36.8 Å². The van der Waals surface area contributed by atoms with Crippen molar-refractivity contribution >= 4 is 11.0 Å². The maximum absolute atomic E-state index is 10.4. The van der Waals surface area contributed by atoms with Crippen molar-refractivity contribution in [3.05, 3.63) is 47.7 Å². The first-order chi connectivity index (χ1) is 16.4. The molecule has 34 heavy (non-hydrogen) atoms. The van der Waals surface area contributed by atoms with Crippen LogP contribution in [0.2, 0.25) is 0 Å². The van der Waals surface area contributed by atoms with Crippen molar-refractivity contribution in [2.24, 2.45) is 0 Å². The lowest BCUT2D eigenvalue weighted by Crippen LogP contribution is -2.60. The number of aromatic hydroxyl groups is 1. The fraction of sp³-hybridized carbons (Fsp3) is 0.478. The highest BCUT2D eigenvalue weighted by Crippen LogP contribution is 2.32. The second kappa shape index (κ2) is 10.6. The quantitative estimate of drug-likeness (QED) is 0.237. The van der Waals surface area contributed by atoms with E-state index >= 15 is 0 Å². The van der Waals surface area contributed by atoms with Crippen LogP contribution in [0.1, 0.15) is 17.5 Å². The molecule has 0 aliphatic carbocycles. The van der Waals surface area contributed by atoms with Crippen molar-refractivity contribution in [2.45, 2.75) is 56.5 Å². The Labute approximate surface area is 195 Å². The molecule has 1 fully saturated rings. The predicted molar refractivity (Wildman–Crippen MR) is 119 cm³/mol. The Balaban J connectivity index is 1.66. The van der Waals surface area contributed by atoms with E-state index in [9.17, 15) is 30.6 Å². The molecule has 3 aromatic rings. The van der Waals surface area contributed by atoms with Crippen LogP contribution in [0.4, 0.5) is 0 Å². The van der Waals surface area contributed by atoms with Crippen molar-refractivity contribution in [2.75, 3.05) is 13.2 Å². The van der Waals surface area contributed by atoms with Crippen molar-refractivity contribution in [3.8, 4) is 11.6 Å². The highest BCUT2D eigenvalue weighted by atomic mass is 16.7. The van der Waals surface area contributed by atoms with Gasteiger partial charge in [-0.25, -0.2) is 9.67 Å². The lowest BCUT2D eigenvalue weighted by atomic mass is 9.99. The van der Waals surface area contributed by atoms with Crippen LogP contribution in [0.15, 0.2) is 36.5 Å². The van der Waals surface area contributed by atoms with Crippen LogP contribution in [0.3, 0.4) is 0 Å². The van der Waals surface area contributed by atoms with Crippen LogP contribution in [-0.2, 0) is 24.1 Å². The van der Waals surface area contributed by atoms with E-state index in [2.05, 4.69) is 10.1 Å². The van der Waals surface area contributed by atoms with Gasteiger partial charge in [-0.05, 0) is 48.6 Å². The summed E-state index contributed by atoms with van der Waals surface area (Å²) in [6, 6.07) is 8.75. The molecule has 6 N–H and O–H groups in total. The number of aliphatic hydroxyl groups is 5. The third-order valence-corrected chi connectivity index (χ3v) is 5.91. The van der Waals surface area contributed by atoms with Crippen molar-refractivity contribution in [1.29, 1.82) is 0 Å². The minimum absolute atomic E-state index is 0.0369. The number of benzene rings is 1. The van der Waals surface area contributed by atoms with E-state index in [1.54, 1.807) is 23.0 Å². The van der Waals surface area contributed by atoms with Gasteiger partial charge in [0.2, 0.25) is 12.2 Å². The Morgan fingerprint density at radius 3 is 2.44 bits per heavy atom. The standard InChI is InChI=1S/C23H29N3O8/c27-11-1-10-26-21-17(14(8-9-24-21)5-2-13-3-6-15(29)7-4-13)22(25-26)34-23-20(32)19(31)18(30)16(12-28)33-23/h3-4,6-9,16,18-20,23,27-32H,1-2,5,10-12H2/t16-,18-,19+,20-,23+/m1/s1. The first-order valence-corrected chi connectivity index (χ1v) is 11.1. The molecule has 2 aromatic heterocycles. The largest absolute Gasteiger partial charge is 0.508 e. The Bertz CT molecular complexity index is 1090. The highest BCUT2D eigenvalue weighted by Gasteiger charge is 2.45. The second-order valence-electron chi connectivity index (χ2n) is 8.26.